The van der Waals surface area contributed by atoms with Crippen molar-refractivity contribution in [2.24, 2.45) is 0 Å². The summed E-state index contributed by atoms with van der Waals surface area (Å²) in [5.41, 5.74) is 0.885. The molecule has 1 aliphatic rings. The maximum atomic E-state index is 5.14. The second-order valence-corrected chi connectivity index (χ2v) is 1.90. The number of nitrogens with zero attached hydrogens (tertiary/aromatic N) is 1. The van der Waals surface area contributed by atoms with Gasteiger partial charge in [0.2, 0.25) is 0 Å². The van der Waals surface area contributed by atoms with Gasteiger partial charge in [0.15, 0.2) is 12.7 Å². The van der Waals surface area contributed by atoms with Gasteiger partial charge in [-0.2, -0.15) is 0 Å². The van der Waals surface area contributed by atoms with Crippen LogP contribution in [0.3, 0.4) is 0 Å². The highest BCUT2D eigenvalue weighted by atomic mass is 14.9. The van der Waals surface area contributed by atoms with Crippen LogP contribution in [0.15, 0.2) is 23.9 Å². The Morgan fingerprint density at radius 1 is 1.78 bits per heavy atom. The maximum absolute atomic E-state index is 5.14. The third kappa shape index (κ3) is 1.30. The fourth-order valence-corrected chi connectivity index (χ4v) is 0.693. The third-order valence-corrected chi connectivity index (χ3v) is 1.13. The van der Waals surface area contributed by atoms with E-state index in [-0.39, 0.29) is 0 Å². The molecular formula is C8H8N+. The van der Waals surface area contributed by atoms with Crippen molar-refractivity contribution >= 4 is 6.72 Å². The molecule has 0 atom stereocenters. The first kappa shape index (κ1) is 5.84. The molecule has 1 nitrogen and oxygen atoms in total. The van der Waals surface area contributed by atoms with Crippen molar-refractivity contribution in [3.63, 3.8) is 0 Å². The first-order valence-corrected chi connectivity index (χ1v) is 2.75. The summed E-state index contributed by atoms with van der Waals surface area (Å²) in [6.45, 7) is 4.56. The van der Waals surface area contributed by atoms with E-state index in [1.54, 1.807) is 4.58 Å². The Morgan fingerprint density at radius 2 is 2.56 bits per heavy atom. The van der Waals surface area contributed by atoms with E-state index in [0.717, 1.165) is 12.1 Å². The number of allylic oxidation sites excluding steroid dienone is 2. The van der Waals surface area contributed by atoms with Gasteiger partial charge in [0.1, 0.15) is 6.72 Å². The Bertz CT molecular complexity index is 225. The molecule has 0 saturated heterocycles. The zero-order valence-corrected chi connectivity index (χ0v) is 5.17. The summed E-state index contributed by atoms with van der Waals surface area (Å²) >= 11 is 0. The SMILES string of the molecule is C#CC1=C[N+](=C)CC=C1. The number of hydrogen-bond acceptors (Lipinski definition) is 0. The lowest BCUT2D eigenvalue weighted by molar-refractivity contribution is -0.437. The van der Waals surface area contributed by atoms with Crippen LogP contribution in [-0.4, -0.2) is 17.8 Å². The second-order valence-electron chi connectivity index (χ2n) is 1.90. The minimum absolute atomic E-state index is 0.852. The zero-order valence-electron chi connectivity index (χ0n) is 5.17. The predicted molar refractivity (Wildman–Crippen MR) is 38.3 cm³/mol. The summed E-state index contributed by atoms with van der Waals surface area (Å²) in [6, 6.07) is 0. The second kappa shape index (κ2) is 2.32. The number of hydrogen-bond donors (Lipinski definition) is 0. The Hall–Kier alpha value is -1.29. The van der Waals surface area contributed by atoms with E-state index in [0.29, 0.717) is 0 Å². The summed E-state index contributed by atoms with van der Waals surface area (Å²) in [5, 5.41) is 0. The normalized spacial score (nSPS) is 16.8. The Balaban J connectivity index is 2.86. The van der Waals surface area contributed by atoms with Crippen LogP contribution in [0.4, 0.5) is 0 Å². The van der Waals surface area contributed by atoms with Gasteiger partial charge >= 0.3 is 0 Å². The Morgan fingerprint density at radius 3 is 3.00 bits per heavy atom. The van der Waals surface area contributed by atoms with E-state index in [4.69, 9.17) is 6.42 Å². The van der Waals surface area contributed by atoms with Crippen LogP contribution in [0.1, 0.15) is 0 Å². The average Bonchev–Trinajstić information content (AvgIpc) is 1.88. The fourth-order valence-electron chi connectivity index (χ4n) is 0.693. The van der Waals surface area contributed by atoms with E-state index in [9.17, 15) is 0 Å². The predicted octanol–water partition coefficient (Wildman–Crippen LogP) is 0.786. The third-order valence-electron chi connectivity index (χ3n) is 1.13. The van der Waals surface area contributed by atoms with Gasteiger partial charge in [0, 0.05) is 0 Å². The molecule has 0 radical (unpaired) electrons. The van der Waals surface area contributed by atoms with Crippen LogP contribution < -0.4 is 0 Å². The van der Waals surface area contributed by atoms with Gasteiger partial charge in [-0.05, 0) is 12.2 Å². The van der Waals surface area contributed by atoms with Gasteiger partial charge in [-0.15, -0.1) is 6.42 Å². The molecule has 0 saturated carbocycles. The number of rotatable bonds is 0. The smallest absolute Gasteiger partial charge is 0.184 e. The summed E-state index contributed by atoms with van der Waals surface area (Å²) in [6.07, 6.45) is 10.9. The monoisotopic (exact) mass is 118 g/mol. The first-order chi connectivity index (χ1) is 4.33. The van der Waals surface area contributed by atoms with Crippen molar-refractivity contribution in [2.75, 3.05) is 6.54 Å². The molecule has 44 valence electrons. The molecule has 9 heavy (non-hydrogen) atoms. The van der Waals surface area contributed by atoms with E-state index in [1.807, 2.05) is 18.4 Å². The largest absolute Gasteiger partial charge is 0.207 e. The van der Waals surface area contributed by atoms with Crippen molar-refractivity contribution in [2.45, 2.75) is 0 Å². The van der Waals surface area contributed by atoms with Gasteiger partial charge in [-0.3, -0.25) is 0 Å². The van der Waals surface area contributed by atoms with Crippen LogP contribution in [0.25, 0.3) is 0 Å². The molecule has 0 bridgehead atoms. The molecule has 0 aliphatic carbocycles. The first-order valence-electron chi connectivity index (χ1n) is 2.75. The Kier molecular flexibility index (Phi) is 1.51. The lowest BCUT2D eigenvalue weighted by atomic mass is 10.2. The number of terminal acetylenes is 1. The maximum Gasteiger partial charge on any atom is 0.184 e. The highest BCUT2D eigenvalue weighted by Crippen LogP contribution is 1.99. The summed E-state index contributed by atoms with van der Waals surface area (Å²) in [4.78, 5) is 0. The van der Waals surface area contributed by atoms with Crippen LogP contribution >= 0.6 is 0 Å². The van der Waals surface area contributed by atoms with Crippen LogP contribution in [0.2, 0.25) is 0 Å². The minimum atomic E-state index is 0.852. The van der Waals surface area contributed by atoms with Crippen molar-refractivity contribution in [3.05, 3.63) is 23.9 Å². The molecule has 0 fully saturated rings. The van der Waals surface area contributed by atoms with E-state index in [1.165, 1.54) is 0 Å². The molecule has 0 aromatic carbocycles. The molecule has 1 rings (SSSR count). The molecule has 1 aliphatic heterocycles. The van der Waals surface area contributed by atoms with Crippen LogP contribution in [0, 0.1) is 12.3 Å². The van der Waals surface area contributed by atoms with E-state index in [2.05, 4.69) is 12.6 Å². The van der Waals surface area contributed by atoms with Crippen molar-refractivity contribution < 1.29 is 4.58 Å². The molecule has 1 heteroatoms. The summed E-state index contributed by atoms with van der Waals surface area (Å²) in [5.74, 6) is 2.53. The molecule has 0 N–H and O–H groups in total. The van der Waals surface area contributed by atoms with E-state index < -0.39 is 0 Å². The summed E-state index contributed by atoms with van der Waals surface area (Å²) in [7, 11) is 0. The van der Waals surface area contributed by atoms with Crippen molar-refractivity contribution in [3.8, 4) is 12.3 Å². The van der Waals surface area contributed by atoms with E-state index >= 15 is 0 Å². The molecular weight excluding hydrogens is 110 g/mol. The highest BCUT2D eigenvalue weighted by Gasteiger charge is 2.00. The van der Waals surface area contributed by atoms with Gasteiger partial charge in [-0.25, -0.2) is 4.58 Å². The topological polar surface area (TPSA) is 3.01 Å². The average molecular weight is 118 g/mol. The summed E-state index contributed by atoms with van der Waals surface area (Å²) < 4.78 is 1.80. The van der Waals surface area contributed by atoms with Crippen LogP contribution in [0.5, 0.6) is 0 Å². The van der Waals surface area contributed by atoms with Crippen molar-refractivity contribution in [1.29, 1.82) is 0 Å². The lowest BCUT2D eigenvalue weighted by Gasteiger charge is -1.95. The van der Waals surface area contributed by atoms with Gasteiger partial charge < -0.3 is 0 Å². The van der Waals surface area contributed by atoms with Crippen molar-refractivity contribution in [1.82, 2.24) is 0 Å². The quantitative estimate of drug-likeness (QED) is 0.327. The Labute approximate surface area is 55.0 Å². The molecule has 0 unspecified atom stereocenters. The highest BCUT2D eigenvalue weighted by molar-refractivity contribution is 5.36. The molecule has 0 spiro atoms. The van der Waals surface area contributed by atoms with Gasteiger partial charge in [0.25, 0.3) is 0 Å². The fraction of sp³-hybridized carbons (Fsp3) is 0.125. The molecule has 0 aromatic heterocycles. The molecule has 0 amide bonds. The van der Waals surface area contributed by atoms with Crippen LogP contribution in [-0.2, 0) is 0 Å². The lowest BCUT2D eigenvalue weighted by Crippen LogP contribution is -2.04. The standard InChI is InChI=1S/C8H8N/c1-3-8-5-4-6-9(2)7-8/h1,4-5,7H,2,6H2/q+1. The molecule has 1 heterocycles. The van der Waals surface area contributed by atoms with Gasteiger partial charge in [0.05, 0.1) is 5.57 Å². The minimum Gasteiger partial charge on any atom is -0.207 e. The molecule has 0 aromatic rings. The van der Waals surface area contributed by atoms with Gasteiger partial charge in [-0.1, -0.05) is 5.92 Å². The zero-order chi connectivity index (χ0) is 6.69.